The SMILES string of the molecule is O=C1c2ccccc2[C@@H]2O[C@H](c3ccccc3)c3ccccc3CN12. The summed E-state index contributed by atoms with van der Waals surface area (Å²) in [5.41, 5.74) is 5.09. The summed E-state index contributed by atoms with van der Waals surface area (Å²) in [5, 5.41) is 0. The summed E-state index contributed by atoms with van der Waals surface area (Å²) in [7, 11) is 0. The first-order valence-electron chi connectivity index (χ1n) is 8.51. The van der Waals surface area contributed by atoms with Crippen molar-refractivity contribution < 1.29 is 9.53 Å². The molecular formula is C22H17NO2. The molecule has 2 aliphatic rings. The van der Waals surface area contributed by atoms with Crippen molar-refractivity contribution in [3.63, 3.8) is 0 Å². The lowest BCUT2D eigenvalue weighted by molar-refractivity contribution is -0.0644. The summed E-state index contributed by atoms with van der Waals surface area (Å²) in [4.78, 5) is 14.7. The van der Waals surface area contributed by atoms with E-state index < -0.39 is 0 Å². The Balaban J connectivity index is 1.68. The first-order valence-corrected chi connectivity index (χ1v) is 8.51. The highest BCUT2D eigenvalue weighted by Gasteiger charge is 2.41. The Hall–Kier alpha value is -2.91. The Kier molecular flexibility index (Phi) is 3.22. The lowest BCUT2D eigenvalue weighted by atomic mass is 9.96. The number of amides is 1. The second kappa shape index (κ2) is 5.57. The fraction of sp³-hybridized carbons (Fsp3) is 0.136. The minimum atomic E-state index is -0.346. The summed E-state index contributed by atoms with van der Waals surface area (Å²) in [6, 6.07) is 26.2. The van der Waals surface area contributed by atoms with E-state index >= 15 is 0 Å². The molecule has 1 amide bonds. The molecule has 0 unspecified atom stereocenters. The van der Waals surface area contributed by atoms with Crippen LogP contribution < -0.4 is 0 Å². The van der Waals surface area contributed by atoms with Crippen LogP contribution in [-0.2, 0) is 11.3 Å². The van der Waals surface area contributed by atoms with Gasteiger partial charge in [0, 0.05) is 17.7 Å². The maximum absolute atomic E-state index is 12.9. The number of ether oxygens (including phenoxy) is 1. The lowest BCUT2D eigenvalue weighted by Gasteiger charge is -2.25. The molecule has 3 aromatic rings. The molecule has 122 valence electrons. The first-order chi connectivity index (χ1) is 12.3. The second-order valence-corrected chi connectivity index (χ2v) is 6.50. The Morgan fingerprint density at radius 2 is 1.48 bits per heavy atom. The van der Waals surface area contributed by atoms with Crippen molar-refractivity contribution in [3.8, 4) is 0 Å². The van der Waals surface area contributed by atoms with Gasteiger partial charge in [-0.2, -0.15) is 0 Å². The molecule has 5 rings (SSSR count). The first kappa shape index (κ1) is 14.4. The summed E-state index contributed by atoms with van der Waals surface area (Å²) in [5.74, 6) is 0.0455. The van der Waals surface area contributed by atoms with Crippen LogP contribution in [0.15, 0.2) is 78.9 Å². The molecule has 2 atom stereocenters. The number of hydrogen-bond acceptors (Lipinski definition) is 2. The molecule has 0 fully saturated rings. The van der Waals surface area contributed by atoms with Gasteiger partial charge in [-0.3, -0.25) is 4.79 Å². The van der Waals surface area contributed by atoms with Gasteiger partial charge in [0.05, 0.1) is 0 Å². The van der Waals surface area contributed by atoms with Crippen molar-refractivity contribution in [3.05, 3.63) is 107 Å². The van der Waals surface area contributed by atoms with Crippen molar-refractivity contribution >= 4 is 5.91 Å². The van der Waals surface area contributed by atoms with Crippen LogP contribution in [0.5, 0.6) is 0 Å². The summed E-state index contributed by atoms with van der Waals surface area (Å²) >= 11 is 0. The zero-order valence-electron chi connectivity index (χ0n) is 13.6. The number of carbonyl (C=O) groups excluding carboxylic acids is 1. The normalized spacial score (nSPS) is 21.3. The molecule has 0 saturated heterocycles. The molecule has 2 heterocycles. The highest BCUT2D eigenvalue weighted by atomic mass is 16.5. The van der Waals surface area contributed by atoms with Gasteiger partial charge in [0.2, 0.25) is 0 Å². The van der Waals surface area contributed by atoms with Gasteiger partial charge >= 0.3 is 0 Å². The van der Waals surface area contributed by atoms with Gasteiger partial charge in [0.1, 0.15) is 6.10 Å². The third-order valence-electron chi connectivity index (χ3n) is 5.05. The van der Waals surface area contributed by atoms with Crippen LogP contribution in [0.3, 0.4) is 0 Å². The van der Waals surface area contributed by atoms with E-state index in [1.165, 1.54) is 0 Å². The number of hydrogen-bond donors (Lipinski definition) is 0. The minimum Gasteiger partial charge on any atom is -0.341 e. The van der Waals surface area contributed by atoms with Crippen molar-refractivity contribution in [2.45, 2.75) is 18.9 Å². The Morgan fingerprint density at radius 1 is 0.800 bits per heavy atom. The van der Waals surface area contributed by atoms with Gasteiger partial charge < -0.3 is 9.64 Å². The predicted molar refractivity (Wildman–Crippen MR) is 94.9 cm³/mol. The molecule has 0 aromatic heterocycles. The summed E-state index contributed by atoms with van der Waals surface area (Å²) in [6.45, 7) is 0.567. The topological polar surface area (TPSA) is 29.5 Å². The number of benzene rings is 3. The van der Waals surface area contributed by atoms with Gasteiger partial charge in [-0.05, 0) is 22.8 Å². The number of fused-ring (bicyclic) bond motifs is 4. The number of carbonyl (C=O) groups is 1. The zero-order chi connectivity index (χ0) is 16.8. The number of rotatable bonds is 1. The van der Waals surface area contributed by atoms with E-state index in [0.29, 0.717) is 6.54 Å². The van der Waals surface area contributed by atoms with Gasteiger partial charge in [0.15, 0.2) is 6.23 Å². The molecule has 0 bridgehead atoms. The van der Waals surface area contributed by atoms with Crippen LogP contribution in [0.25, 0.3) is 0 Å². The van der Waals surface area contributed by atoms with Crippen molar-refractivity contribution in [1.82, 2.24) is 4.90 Å². The van der Waals surface area contributed by atoms with Crippen molar-refractivity contribution in [2.75, 3.05) is 0 Å². The van der Waals surface area contributed by atoms with E-state index in [0.717, 1.165) is 27.8 Å². The van der Waals surface area contributed by atoms with Crippen LogP contribution in [0, 0.1) is 0 Å². The van der Waals surface area contributed by atoms with Crippen molar-refractivity contribution in [2.24, 2.45) is 0 Å². The fourth-order valence-electron chi connectivity index (χ4n) is 3.84. The standard InChI is InChI=1S/C22H17NO2/c24-21-18-12-6-7-13-19(18)22-23(21)14-16-10-4-5-11-17(16)20(25-22)15-8-2-1-3-9-15/h1-13,20,22H,14H2/t20-,22+/m1/s1. The molecule has 25 heavy (non-hydrogen) atoms. The van der Waals surface area contributed by atoms with Crippen LogP contribution in [0.4, 0.5) is 0 Å². The van der Waals surface area contributed by atoms with Crippen LogP contribution in [-0.4, -0.2) is 10.8 Å². The third kappa shape index (κ3) is 2.20. The Labute approximate surface area is 146 Å². The Bertz CT molecular complexity index is 951. The lowest BCUT2D eigenvalue weighted by Crippen LogP contribution is -2.27. The average Bonchev–Trinajstić information content (AvgIpc) is 2.83. The largest absolute Gasteiger partial charge is 0.341 e. The fourth-order valence-corrected chi connectivity index (χ4v) is 3.84. The molecule has 0 spiro atoms. The van der Waals surface area contributed by atoms with Gasteiger partial charge in [-0.25, -0.2) is 0 Å². The smallest absolute Gasteiger partial charge is 0.256 e. The predicted octanol–water partition coefficient (Wildman–Crippen LogP) is 4.46. The van der Waals surface area contributed by atoms with E-state index in [1.807, 2.05) is 59.5 Å². The maximum atomic E-state index is 12.9. The second-order valence-electron chi connectivity index (χ2n) is 6.50. The van der Waals surface area contributed by atoms with Gasteiger partial charge in [-0.15, -0.1) is 0 Å². The van der Waals surface area contributed by atoms with Crippen molar-refractivity contribution in [1.29, 1.82) is 0 Å². The van der Waals surface area contributed by atoms with E-state index in [4.69, 9.17) is 4.74 Å². The van der Waals surface area contributed by atoms with E-state index in [-0.39, 0.29) is 18.2 Å². The highest BCUT2D eigenvalue weighted by molar-refractivity contribution is 5.99. The number of nitrogens with zero attached hydrogens (tertiary/aromatic N) is 1. The summed E-state index contributed by atoms with van der Waals surface area (Å²) in [6.07, 6.45) is -0.535. The van der Waals surface area contributed by atoms with Gasteiger partial charge in [0.25, 0.3) is 5.91 Å². The zero-order valence-corrected chi connectivity index (χ0v) is 13.6. The monoisotopic (exact) mass is 327 g/mol. The summed E-state index contributed by atoms with van der Waals surface area (Å²) < 4.78 is 6.55. The molecule has 3 nitrogen and oxygen atoms in total. The van der Waals surface area contributed by atoms with E-state index in [9.17, 15) is 4.79 Å². The molecule has 3 aromatic carbocycles. The Morgan fingerprint density at radius 3 is 2.32 bits per heavy atom. The molecular weight excluding hydrogens is 310 g/mol. The molecule has 0 N–H and O–H groups in total. The molecule has 0 aliphatic carbocycles. The van der Waals surface area contributed by atoms with E-state index in [1.54, 1.807) is 0 Å². The van der Waals surface area contributed by atoms with Crippen LogP contribution >= 0.6 is 0 Å². The maximum Gasteiger partial charge on any atom is 0.256 e. The quantitative estimate of drug-likeness (QED) is 0.660. The minimum absolute atomic E-state index is 0.0455. The van der Waals surface area contributed by atoms with Crippen LogP contribution in [0.2, 0.25) is 0 Å². The highest BCUT2D eigenvalue weighted by Crippen LogP contribution is 2.44. The average molecular weight is 327 g/mol. The molecule has 0 saturated carbocycles. The van der Waals surface area contributed by atoms with E-state index in [2.05, 4.69) is 24.3 Å². The third-order valence-corrected chi connectivity index (χ3v) is 5.05. The molecule has 0 radical (unpaired) electrons. The van der Waals surface area contributed by atoms with Crippen LogP contribution in [0.1, 0.15) is 44.9 Å². The molecule has 3 heteroatoms. The van der Waals surface area contributed by atoms with Gasteiger partial charge in [-0.1, -0.05) is 72.8 Å². The molecule has 2 aliphatic heterocycles.